The van der Waals surface area contributed by atoms with E-state index in [4.69, 9.17) is 9.84 Å². The number of carbonyl (C=O) groups excluding carboxylic acids is 1. The van der Waals surface area contributed by atoms with E-state index in [0.717, 1.165) is 0 Å². The minimum atomic E-state index is -1.05. The molecule has 1 aromatic heterocycles. The molecule has 0 bridgehead atoms. The standard InChI is InChI=1S/C14H16N2O4/c1-8-5-9(12(17)18)6-10-11(8)15-7-16(10)13(19)20-14(2,3)4/h5-7H,1-4H3,(H,17,18). The van der Waals surface area contributed by atoms with Gasteiger partial charge in [0, 0.05) is 0 Å². The van der Waals surface area contributed by atoms with Gasteiger partial charge in [0.15, 0.2) is 0 Å². The second kappa shape index (κ2) is 4.63. The van der Waals surface area contributed by atoms with Crippen LogP contribution in [-0.4, -0.2) is 32.3 Å². The van der Waals surface area contributed by atoms with Gasteiger partial charge in [-0.3, -0.25) is 0 Å². The fourth-order valence-electron chi connectivity index (χ4n) is 1.87. The summed E-state index contributed by atoms with van der Waals surface area (Å²) in [6.07, 6.45) is 0.763. The average Bonchev–Trinajstić information content (AvgIpc) is 2.70. The molecule has 0 aliphatic carbocycles. The molecule has 0 spiro atoms. The van der Waals surface area contributed by atoms with Crippen molar-refractivity contribution < 1.29 is 19.4 Å². The molecule has 0 aliphatic heterocycles. The Kier molecular flexibility index (Phi) is 3.25. The lowest BCUT2D eigenvalue weighted by Crippen LogP contribution is -2.26. The van der Waals surface area contributed by atoms with E-state index in [1.165, 1.54) is 23.0 Å². The van der Waals surface area contributed by atoms with Gasteiger partial charge in [-0.2, -0.15) is 0 Å². The zero-order valence-electron chi connectivity index (χ0n) is 11.8. The van der Waals surface area contributed by atoms with E-state index in [1.807, 2.05) is 0 Å². The molecule has 20 heavy (non-hydrogen) atoms. The Bertz CT molecular complexity index is 695. The zero-order valence-corrected chi connectivity index (χ0v) is 11.8. The van der Waals surface area contributed by atoms with Gasteiger partial charge in [-0.15, -0.1) is 0 Å². The van der Waals surface area contributed by atoms with Gasteiger partial charge in [0.05, 0.1) is 16.6 Å². The van der Waals surface area contributed by atoms with E-state index >= 15 is 0 Å². The van der Waals surface area contributed by atoms with E-state index in [0.29, 0.717) is 16.6 Å². The molecular weight excluding hydrogens is 260 g/mol. The van der Waals surface area contributed by atoms with Crippen molar-refractivity contribution in [3.8, 4) is 0 Å². The third-order valence-corrected chi connectivity index (χ3v) is 2.68. The Hall–Kier alpha value is -2.37. The van der Waals surface area contributed by atoms with Gasteiger partial charge in [0.2, 0.25) is 0 Å². The summed E-state index contributed by atoms with van der Waals surface area (Å²) < 4.78 is 6.49. The number of carbonyl (C=O) groups is 2. The smallest absolute Gasteiger partial charge is 0.420 e. The van der Waals surface area contributed by atoms with Crippen LogP contribution < -0.4 is 0 Å². The van der Waals surface area contributed by atoms with Crippen molar-refractivity contribution in [2.45, 2.75) is 33.3 Å². The predicted octanol–water partition coefficient (Wildman–Crippen LogP) is 2.83. The largest absolute Gasteiger partial charge is 0.478 e. The van der Waals surface area contributed by atoms with Gasteiger partial charge in [-0.05, 0) is 45.4 Å². The number of imidazole rings is 1. The third kappa shape index (κ3) is 2.64. The number of aromatic carboxylic acids is 1. The molecule has 0 radical (unpaired) electrons. The normalized spacial score (nSPS) is 11.6. The number of ether oxygens (including phenoxy) is 1. The number of hydrogen-bond donors (Lipinski definition) is 1. The Morgan fingerprint density at radius 3 is 2.50 bits per heavy atom. The number of hydrogen-bond acceptors (Lipinski definition) is 4. The SMILES string of the molecule is Cc1cc(C(=O)O)cc2c1ncn2C(=O)OC(C)(C)C. The molecule has 0 unspecified atom stereocenters. The molecule has 0 saturated heterocycles. The van der Waals surface area contributed by atoms with Crippen LogP contribution in [0.4, 0.5) is 4.79 Å². The van der Waals surface area contributed by atoms with Crippen molar-refractivity contribution in [2.24, 2.45) is 0 Å². The highest BCUT2D eigenvalue weighted by Gasteiger charge is 2.20. The lowest BCUT2D eigenvalue weighted by Gasteiger charge is -2.19. The van der Waals surface area contributed by atoms with Crippen LogP contribution in [0, 0.1) is 6.92 Å². The lowest BCUT2D eigenvalue weighted by molar-refractivity contribution is 0.0542. The number of rotatable bonds is 1. The number of fused-ring (bicyclic) bond motifs is 1. The Morgan fingerprint density at radius 2 is 1.95 bits per heavy atom. The molecule has 0 amide bonds. The van der Waals surface area contributed by atoms with Crippen LogP contribution >= 0.6 is 0 Å². The van der Waals surface area contributed by atoms with E-state index in [2.05, 4.69) is 4.98 Å². The summed E-state index contributed by atoms with van der Waals surface area (Å²) >= 11 is 0. The van der Waals surface area contributed by atoms with Crippen molar-refractivity contribution in [3.05, 3.63) is 29.6 Å². The Labute approximate surface area is 116 Å². The molecule has 6 heteroatoms. The number of aromatic nitrogens is 2. The molecule has 6 nitrogen and oxygen atoms in total. The van der Waals surface area contributed by atoms with Crippen LogP contribution in [0.3, 0.4) is 0 Å². The second-order valence-corrected chi connectivity index (χ2v) is 5.56. The molecule has 1 N–H and O–H groups in total. The number of carboxylic acids is 1. The van der Waals surface area contributed by atoms with Gasteiger partial charge in [0.1, 0.15) is 11.9 Å². The van der Waals surface area contributed by atoms with Crippen molar-refractivity contribution in [2.75, 3.05) is 0 Å². The molecule has 2 rings (SSSR count). The van der Waals surface area contributed by atoms with Gasteiger partial charge in [-0.25, -0.2) is 19.1 Å². The van der Waals surface area contributed by atoms with Crippen LogP contribution in [0.15, 0.2) is 18.5 Å². The highest BCUT2D eigenvalue weighted by atomic mass is 16.6. The van der Waals surface area contributed by atoms with E-state index in [1.54, 1.807) is 27.7 Å². The first-order valence-electron chi connectivity index (χ1n) is 6.13. The first-order valence-corrected chi connectivity index (χ1v) is 6.13. The predicted molar refractivity (Wildman–Crippen MR) is 73.1 cm³/mol. The van der Waals surface area contributed by atoms with Crippen molar-refractivity contribution >= 4 is 23.1 Å². The summed E-state index contributed by atoms with van der Waals surface area (Å²) in [5, 5.41) is 9.08. The second-order valence-electron chi connectivity index (χ2n) is 5.56. The highest BCUT2D eigenvalue weighted by molar-refractivity contribution is 5.96. The zero-order chi connectivity index (χ0) is 15.1. The fourth-order valence-corrected chi connectivity index (χ4v) is 1.87. The average molecular weight is 276 g/mol. The quantitative estimate of drug-likeness (QED) is 0.866. The van der Waals surface area contributed by atoms with Crippen molar-refractivity contribution in [3.63, 3.8) is 0 Å². The lowest BCUT2D eigenvalue weighted by atomic mass is 10.1. The molecule has 0 aliphatic rings. The summed E-state index contributed by atoms with van der Waals surface area (Å²) in [5.41, 5.74) is 1.19. The topological polar surface area (TPSA) is 81.4 Å². The summed E-state index contributed by atoms with van der Waals surface area (Å²) in [6, 6.07) is 2.94. The maximum atomic E-state index is 12.1. The third-order valence-electron chi connectivity index (χ3n) is 2.68. The molecule has 0 atom stereocenters. The fraction of sp³-hybridized carbons (Fsp3) is 0.357. The highest BCUT2D eigenvalue weighted by Crippen LogP contribution is 2.21. The molecule has 1 heterocycles. The minimum Gasteiger partial charge on any atom is -0.478 e. The molecule has 106 valence electrons. The van der Waals surface area contributed by atoms with Gasteiger partial charge in [0.25, 0.3) is 0 Å². The monoisotopic (exact) mass is 276 g/mol. The number of aryl methyl sites for hydroxylation is 1. The Morgan fingerprint density at radius 1 is 1.30 bits per heavy atom. The number of nitrogens with zero attached hydrogens (tertiary/aromatic N) is 2. The van der Waals surface area contributed by atoms with Crippen LogP contribution in [-0.2, 0) is 4.74 Å². The van der Waals surface area contributed by atoms with Gasteiger partial charge < -0.3 is 9.84 Å². The summed E-state index contributed by atoms with van der Waals surface area (Å²) in [4.78, 5) is 27.3. The number of carboxylic acid groups (broad SMARTS) is 1. The van der Waals surface area contributed by atoms with E-state index < -0.39 is 17.7 Å². The Balaban J connectivity index is 2.55. The van der Waals surface area contributed by atoms with Crippen molar-refractivity contribution in [1.82, 2.24) is 9.55 Å². The summed E-state index contributed by atoms with van der Waals surface area (Å²) in [5.74, 6) is -1.05. The van der Waals surface area contributed by atoms with Gasteiger partial charge in [-0.1, -0.05) is 0 Å². The van der Waals surface area contributed by atoms with Gasteiger partial charge >= 0.3 is 12.1 Å². The van der Waals surface area contributed by atoms with E-state index in [-0.39, 0.29) is 5.56 Å². The van der Waals surface area contributed by atoms with Crippen LogP contribution in [0.1, 0.15) is 36.7 Å². The number of benzene rings is 1. The summed E-state index contributed by atoms with van der Waals surface area (Å²) in [7, 11) is 0. The molecule has 1 aromatic carbocycles. The summed E-state index contributed by atoms with van der Waals surface area (Å²) in [6.45, 7) is 7.04. The van der Waals surface area contributed by atoms with E-state index in [9.17, 15) is 9.59 Å². The van der Waals surface area contributed by atoms with Crippen LogP contribution in [0.5, 0.6) is 0 Å². The first kappa shape index (κ1) is 14.0. The maximum Gasteiger partial charge on any atom is 0.420 e. The first-order chi connectivity index (χ1) is 9.19. The molecule has 0 saturated carbocycles. The molecule has 2 aromatic rings. The van der Waals surface area contributed by atoms with Crippen LogP contribution in [0.25, 0.3) is 11.0 Å². The molecule has 0 fully saturated rings. The minimum absolute atomic E-state index is 0.111. The van der Waals surface area contributed by atoms with Crippen molar-refractivity contribution in [1.29, 1.82) is 0 Å². The van der Waals surface area contributed by atoms with Crippen LogP contribution in [0.2, 0.25) is 0 Å². The maximum absolute atomic E-state index is 12.1. The molecular formula is C14H16N2O4.